The largest absolute Gasteiger partial charge is 0.488 e. The van der Waals surface area contributed by atoms with Crippen molar-refractivity contribution in [2.45, 2.75) is 78.3 Å². The van der Waals surface area contributed by atoms with Crippen molar-refractivity contribution in [2.75, 3.05) is 72.2 Å². The lowest BCUT2D eigenvalue weighted by Crippen LogP contribution is -2.40. The number of pyridine rings is 2. The van der Waals surface area contributed by atoms with Crippen molar-refractivity contribution < 1.29 is 57.4 Å². The number of aromatic nitrogens is 2. The van der Waals surface area contributed by atoms with E-state index in [9.17, 15) is 38.4 Å². The molecule has 18 nitrogen and oxygen atoms in total. The van der Waals surface area contributed by atoms with E-state index in [0.717, 1.165) is 80.5 Å². The SMILES string of the molecule is Cc1c(COc2cc(OCc3cncc(N4CCSCC4)c3)c(CNC(CCO)C(=O)O)cc2Cl)cccc1-c1cccc(COc2cc(OCc3cncc(N4CCS(=O)(=O)CC4)c3)c(CNC(CCO)C(=O)O)cc2Cl)c1C. The molecule has 2 aliphatic rings. The molecule has 0 bridgehead atoms. The van der Waals surface area contributed by atoms with Gasteiger partial charge >= 0.3 is 11.9 Å². The summed E-state index contributed by atoms with van der Waals surface area (Å²) in [6.45, 7) is 6.74. The zero-order valence-electron chi connectivity index (χ0n) is 44.5. The molecule has 2 fully saturated rings. The third-order valence-corrected chi connectivity index (χ3v) is 17.3. The summed E-state index contributed by atoms with van der Waals surface area (Å²) in [5.41, 5.74) is 10.3. The summed E-state index contributed by atoms with van der Waals surface area (Å²) in [6.07, 6.45) is 6.98. The predicted octanol–water partition coefficient (Wildman–Crippen LogP) is 8.02. The fourth-order valence-electron chi connectivity index (χ4n) is 9.41. The molecule has 4 heterocycles. The quantitative estimate of drug-likeness (QED) is 0.0286. The number of hydrogen-bond donors (Lipinski definition) is 6. The number of nitrogens with zero attached hydrogens (tertiary/aromatic N) is 4. The van der Waals surface area contributed by atoms with E-state index in [4.69, 9.17) is 42.1 Å². The lowest BCUT2D eigenvalue weighted by atomic mass is 9.92. The molecule has 0 saturated carbocycles. The predicted molar refractivity (Wildman–Crippen MR) is 310 cm³/mol. The maximum Gasteiger partial charge on any atom is 0.320 e. The monoisotopic (exact) mass is 1170 g/mol. The van der Waals surface area contributed by atoms with Gasteiger partial charge in [-0.15, -0.1) is 0 Å². The summed E-state index contributed by atoms with van der Waals surface area (Å²) in [4.78, 5) is 37.1. The molecule has 2 saturated heterocycles. The summed E-state index contributed by atoms with van der Waals surface area (Å²) >= 11 is 15.7. The van der Waals surface area contributed by atoms with E-state index in [1.807, 2.05) is 79.2 Å². The van der Waals surface area contributed by atoms with Gasteiger partial charge in [-0.25, -0.2) is 8.42 Å². The maximum atomic E-state index is 12.1. The van der Waals surface area contributed by atoms with E-state index in [2.05, 4.69) is 31.6 Å². The third kappa shape index (κ3) is 16.0. The van der Waals surface area contributed by atoms with Crippen molar-refractivity contribution in [3.05, 3.63) is 152 Å². The van der Waals surface area contributed by atoms with Gasteiger partial charge in [-0.05, 0) is 84.3 Å². The van der Waals surface area contributed by atoms with Crippen LogP contribution in [-0.2, 0) is 58.9 Å². The van der Waals surface area contributed by atoms with Gasteiger partial charge in [-0.3, -0.25) is 19.6 Å². The lowest BCUT2D eigenvalue weighted by Gasteiger charge is -2.28. The van der Waals surface area contributed by atoms with Crippen LogP contribution in [0.1, 0.15) is 57.3 Å². The van der Waals surface area contributed by atoms with E-state index >= 15 is 0 Å². The molecule has 6 aromatic rings. The Morgan fingerprint density at radius 3 is 1.45 bits per heavy atom. The Bertz CT molecular complexity index is 3230. The highest BCUT2D eigenvalue weighted by molar-refractivity contribution is 7.99. The Morgan fingerprint density at radius 1 is 0.600 bits per heavy atom. The molecular formula is C58H66Cl2N6O12S2. The van der Waals surface area contributed by atoms with Crippen molar-refractivity contribution in [1.82, 2.24) is 20.6 Å². The second-order valence-corrected chi connectivity index (χ2v) is 23.9. The first-order valence-electron chi connectivity index (χ1n) is 26.2. The van der Waals surface area contributed by atoms with Crippen LogP contribution in [0, 0.1) is 13.8 Å². The molecule has 2 aromatic heterocycles. The van der Waals surface area contributed by atoms with Crippen LogP contribution in [0.15, 0.2) is 97.6 Å². The van der Waals surface area contributed by atoms with Crippen LogP contribution < -0.4 is 39.4 Å². The van der Waals surface area contributed by atoms with Gasteiger partial charge in [0, 0.05) is 111 Å². The number of hydrogen-bond acceptors (Lipinski definition) is 17. The number of aliphatic hydroxyl groups excluding tert-OH is 2. The molecule has 8 rings (SSSR count). The number of ether oxygens (including phenoxy) is 4. The van der Waals surface area contributed by atoms with Gasteiger partial charge in [-0.1, -0.05) is 59.6 Å². The fourth-order valence-corrected chi connectivity index (χ4v) is 12.0. The molecule has 0 spiro atoms. The number of anilines is 2. The van der Waals surface area contributed by atoms with Gasteiger partial charge in [0.05, 0.1) is 45.3 Å². The van der Waals surface area contributed by atoms with Crippen LogP contribution in [0.25, 0.3) is 11.1 Å². The number of carboxylic acid groups (broad SMARTS) is 2. The molecule has 0 aliphatic carbocycles. The van der Waals surface area contributed by atoms with E-state index in [1.165, 1.54) is 0 Å². The number of aliphatic carboxylic acids is 2. The van der Waals surface area contributed by atoms with Crippen LogP contribution in [0.4, 0.5) is 11.4 Å². The molecule has 4 aromatic carbocycles. The van der Waals surface area contributed by atoms with Gasteiger partial charge in [0.25, 0.3) is 0 Å². The van der Waals surface area contributed by atoms with Crippen molar-refractivity contribution in [3.8, 4) is 34.1 Å². The third-order valence-electron chi connectivity index (χ3n) is 14.1. The second kappa shape index (κ2) is 28.4. The van der Waals surface area contributed by atoms with Crippen molar-refractivity contribution in [2.24, 2.45) is 0 Å². The molecule has 0 radical (unpaired) electrons. The molecule has 2 unspecified atom stereocenters. The lowest BCUT2D eigenvalue weighted by molar-refractivity contribution is -0.140. The Labute approximate surface area is 480 Å². The molecule has 2 atom stereocenters. The zero-order chi connectivity index (χ0) is 56.8. The minimum atomic E-state index is -3.08. The molecule has 22 heteroatoms. The highest BCUT2D eigenvalue weighted by atomic mass is 35.5. The second-order valence-electron chi connectivity index (χ2n) is 19.5. The number of sulfone groups is 1. The number of carboxylic acids is 2. The minimum Gasteiger partial charge on any atom is -0.488 e. The molecule has 2 aliphatic heterocycles. The Balaban J connectivity index is 0.984. The standard InChI is InChI=1S/C58H66Cl2N6O12S2/c1-37-41(35-77-55-25-53(43(23-49(55)59)29-63-51(9-15-67)57(69)70)75-33-39-21-45(31-61-27-39)65-11-17-79-18-12-65)5-3-7-47(37)48-8-4-6-42(38(48)2)36-78-56-26-54(44(24-50(56)60)30-64-52(10-16-68)58(71)72)76-34-40-22-46(32-62-28-40)66-13-19-80(73,74)20-14-66/h3-8,21-28,31-32,51-52,63-64,67-68H,9-20,29-30,33-36H2,1-2H3,(H,69,70)(H,71,72). The van der Waals surface area contributed by atoms with Crippen LogP contribution in [0.3, 0.4) is 0 Å². The maximum absolute atomic E-state index is 12.1. The first-order valence-corrected chi connectivity index (χ1v) is 30.0. The molecule has 0 amide bonds. The smallest absolute Gasteiger partial charge is 0.320 e. The summed E-state index contributed by atoms with van der Waals surface area (Å²) < 4.78 is 49.9. The first-order chi connectivity index (χ1) is 38.6. The molecule has 426 valence electrons. The highest BCUT2D eigenvalue weighted by Gasteiger charge is 2.24. The summed E-state index contributed by atoms with van der Waals surface area (Å²) in [5, 5.41) is 45.1. The average molecular weight is 1170 g/mol. The number of thioether (sulfide) groups is 1. The van der Waals surface area contributed by atoms with Gasteiger partial charge in [0.1, 0.15) is 61.5 Å². The Hall–Kier alpha value is -6.36. The van der Waals surface area contributed by atoms with E-state index in [-0.39, 0.29) is 82.1 Å². The topological polar surface area (TPSA) is 242 Å². The van der Waals surface area contributed by atoms with Crippen molar-refractivity contribution in [1.29, 1.82) is 0 Å². The van der Waals surface area contributed by atoms with Gasteiger partial charge in [-0.2, -0.15) is 11.8 Å². The highest BCUT2D eigenvalue weighted by Crippen LogP contribution is 2.38. The average Bonchev–Trinajstić information content (AvgIpc) is 3.47. The van der Waals surface area contributed by atoms with Crippen LogP contribution in [0.5, 0.6) is 23.0 Å². The normalized spacial score (nSPS) is 15.0. The Morgan fingerprint density at radius 2 is 1.02 bits per heavy atom. The van der Waals surface area contributed by atoms with Gasteiger partial charge < -0.3 is 59.8 Å². The minimum absolute atomic E-state index is 0.00686. The van der Waals surface area contributed by atoms with Crippen LogP contribution >= 0.6 is 35.0 Å². The van der Waals surface area contributed by atoms with E-state index < -0.39 is 33.9 Å². The van der Waals surface area contributed by atoms with Crippen molar-refractivity contribution >= 4 is 68.1 Å². The number of aliphatic hydroxyl groups is 2. The fraction of sp³-hybridized carbons (Fsp3) is 0.379. The van der Waals surface area contributed by atoms with Crippen LogP contribution in [-0.4, -0.2) is 125 Å². The number of halogens is 2. The molecular weight excluding hydrogens is 1110 g/mol. The molecule has 80 heavy (non-hydrogen) atoms. The van der Waals surface area contributed by atoms with Crippen molar-refractivity contribution in [3.63, 3.8) is 0 Å². The number of rotatable bonds is 27. The summed E-state index contributed by atoms with van der Waals surface area (Å²) in [6, 6.07) is 20.7. The number of benzene rings is 4. The van der Waals surface area contributed by atoms with Crippen LogP contribution in [0.2, 0.25) is 10.0 Å². The Kier molecular flexibility index (Phi) is 21.2. The van der Waals surface area contributed by atoms with E-state index in [1.54, 1.807) is 42.9 Å². The summed E-state index contributed by atoms with van der Waals surface area (Å²) in [5.74, 6) is 1.55. The van der Waals surface area contributed by atoms with Gasteiger partial charge in [0.2, 0.25) is 0 Å². The number of nitrogens with one attached hydrogen (secondary N) is 2. The van der Waals surface area contributed by atoms with Gasteiger partial charge in [0.15, 0.2) is 9.84 Å². The summed E-state index contributed by atoms with van der Waals surface area (Å²) in [7, 11) is -3.08. The number of carbonyl (C=O) groups is 2. The zero-order valence-corrected chi connectivity index (χ0v) is 47.7. The first kappa shape index (κ1) is 59.8. The van der Waals surface area contributed by atoms with E-state index in [0.29, 0.717) is 52.2 Å². The molecule has 6 N–H and O–H groups in total.